The van der Waals surface area contributed by atoms with E-state index in [2.05, 4.69) is 4.74 Å². The molecule has 1 fully saturated rings. The van der Waals surface area contributed by atoms with Gasteiger partial charge in [0.25, 0.3) is 5.91 Å². The summed E-state index contributed by atoms with van der Waals surface area (Å²) in [6.45, 7) is -1.76. The minimum Gasteiger partial charge on any atom is -0.459 e. The summed E-state index contributed by atoms with van der Waals surface area (Å²) in [7, 11) is 0. The summed E-state index contributed by atoms with van der Waals surface area (Å²) in [4.78, 5) is 13.9. The van der Waals surface area contributed by atoms with Crippen LogP contribution in [0.5, 0.6) is 5.75 Å². The normalized spacial score (nSPS) is 18.2. The molecule has 1 aromatic heterocycles. The number of nitrogens with zero attached hydrogens (tertiary/aromatic N) is 1. The van der Waals surface area contributed by atoms with Crippen molar-refractivity contribution in [3.8, 4) is 5.75 Å². The van der Waals surface area contributed by atoms with Crippen molar-refractivity contribution in [2.45, 2.75) is 12.7 Å². The Kier molecular flexibility index (Phi) is 4.57. The zero-order valence-corrected chi connectivity index (χ0v) is 12.2. The molecule has 0 radical (unpaired) electrons. The Morgan fingerprint density at radius 1 is 1.30 bits per heavy atom. The van der Waals surface area contributed by atoms with Gasteiger partial charge >= 0.3 is 6.61 Å². The van der Waals surface area contributed by atoms with Gasteiger partial charge in [-0.3, -0.25) is 4.79 Å². The van der Waals surface area contributed by atoms with Crippen LogP contribution in [0.4, 0.5) is 8.78 Å². The van der Waals surface area contributed by atoms with Gasteiger partial charge in [-0.25, -0.2) is 0 Å². The van der Waals surface area contributed by atoms with Crippen molar-refractivity contribution >= 4 is 5.91 Å². The molecule has 2 heterocycles. The molecule has 1 aliphatic heterocycles. The Hall–Kier alpha value is -2.41. The van der Waals surface area contributed by atoms with Crippen molar-refractivity contribution in [3.05, 3.63) is 54.0 Å². The van der Waals surface area contributed by atoms with Gasteiger partial charge < -0.3 is 18.8 Å². The lowest BCUT2D eigenvalue weighted by atomic mass is 10.1. The van der Waals surface area contributed by atoms with Crippen LogP contribution in [0.3, 0.4) is 0 Å². The Morgan fingerprint density at radius 3 is 2.91 bits per heavy atom. The first kappa shape index (κ1) is 15.5. The van der Waals surface area contributed by atoms with Gasteiger partial charge in [0, 0.05) is 6.54 Å². The molecule has 2 aromatic rings. The minimum atomic E-state index is -2.88. The van der Waals surface area contributed by atoms with Gasteiger partial charge in [0.15, 0.2) is 5.76 Å². The first-order valence-electron chi connectivity index (χ1n) is 7.12. The predicted octanol–water partition coefficient (Wildman–Crippen LogP) is 3.09. The van der Waals surface area contributed by atoms with Crippen molar-refractivity contribution in [2.24, 2.45) is 0 Å². The van der Waals surface area contributed by atoms with Crippen LogP contribution in [0.1, 0.15) is 22.2 Å². The maximum absolute atomic E-state index is 12.3. The third kappa shape index (κ3) is 3.68. The van der Waals surface area contributed by atoms with Crippen molar-refractivity contribution in [1.29, 1.82) is 0 Å². The van der Waals surface area contributed by atoms with Gasteiger partial charge in [-0.05, 0) is 29.8 Å². The van der Waals surface area contributed by atoms with E-state index in [9.17, 15) is 13.6 Å². The Morgan fingerprint density at radius 2 is 2.17 bits per heavy atom. The van der Waals surface area contributed by atoms with Crippen molar-refractivity contribution in [2.75, 3.05) is 19.7 Å². The van der Waals surface area contributed by atoms with E-state index in [1.54, 1.807) is 29.2 Å². The van der Waals surface area contributed by atoms with Crippen LogP contribution >= 0.6 is 0 Å². The summed E-state index contributed by atoms with van der Waals surface area (Å²) in [5.74, 6) is 0.110. The second-order valence-electron chi connectivity index (χ2n) is 5.04. The van der Waals surface area contributed by atoms with Crippen LogP contribution in [-0.2, 0) is 4.74 Å². The molecule has 1 aromatic carbocycles. The van der Waals surface area contributed by atoms with E-state index in [0.717, 1.165) is 0 Å². The van der Waals surface area contributed by atoms with Crippen molar-refractivity contribution < 1.29 is 27.5 Å². The lowest BCUT2D eigenvalue weighted by molar-refractivity contribution is -0.0504. The van der Waals surface area contributed by atoms with Crippen LogP contribution in [0.15, 0.2) is 47.1 Å². The quantitative estimate of drug-likeness (QED) is 0.867. The van der Waals surface area contributed by atoms with E-state index in [0.29, 0.717) is 25.3 Å². The zero-order valence-electron chi connectivity index (χ0n) is 12.2. The zero-order chi connectivity index (χ0) is 16.2. The highest BCUT2D eigenvalue weighted by atomic mass is 19.3. The molecule has 3 rings (SSSR count). The van der Waals surface area contributed by atoms with E-state index in [4.69, 9.17) is 9.15 Å². The molecule has 122 valence electrons. The van der Waals surface area contributed by atoms with Gasteiger partial charge in [0.1, 0.15) is 11.9 Å². The smallest absolute Gasteiger partial charge is 0.387 e. The lowest BCUT2D eigenvalue weighted by Gasteiger charge is -2.32. The van der Waals surface area contributed by atoms with Crippen molar-refractivity contribution in [3.63, 3.8) is 0 Å². The molecule has 0 N–H and O–H groups in total. The predicted molar refractivity (Wildman–Crippen MR) is 76.4 cm³/mol. The van der Waals surface area contributed by atoms with Crippen molar-refractivity contribution in [1.82, 2.24) is 4.90 Å². The fraction of sp³-hybridized carbons (Fsp3) is 0.312. The van der Waals surface area contributed by atoms with E-state index < -0.39 is 12.7 Å². The van der Waals surface area contributed by atoms with E-state index in [-0.39, 0.29) is 17.4 Å². The maximum atomic E-state index is 12.3. The first-order valence-corrected chi connectivity index (χ1v) is 7.12. The van der Waals surface area contributed by atoms with Gasteiger partial charge in [-0.1, -0.05) is 12.1 Å². The lowest BCUT2D eigenvalue weighted by Crippen LogP contribution is -2.42. The number of rotatable bonds is 4. The Labute approximate surface area is 131 Å². The van der Waals surface area contributed by atoms with Gasteiger partial charge in [-0.2, -0.15) is 8.78 Å². The molecule has 0 spiro atoms. The molecule has 1 atom stereocenters. The van der Waals surface area contributed by atoms with Crippen LogP contribution in [0.25, 0.3) is 0 Å². The molecular formula is C16H15F2NO4. The SMILES string of the molecule is O=C(c1ccco1)N1CCO[C@@H](c2cccc(OC(F)F)c2)C1. The monoisotopic (exact) mass is 323 g/mol. The highest BCUT2D eigenvalue weighted by Crippen LogP contribution is 2.26. The number of hydrogen-bond acceptors (Lipinski definition) is 4. The number of morpholine rings is 1. The fourth-order valence-corrected chi connectivity index (χ4v) is 2.48. The molecule has 5 nitrogen and oxygen atoms in total. The second-order valence-corrected chi connectivity index (χ2v) is 5.04. The average Bonchev–Trinajstić information content (AvgIpc) is 3.08. The maximum Gasteiger partial charge on any atom is 0.387 e. The Bertz CT molecular complexity index is 660. The topological polar surface area (TPSA) is 51.9 Å². The third-order valence-electron chi connectivity index (χ3n) is 3.54. The van der Waals surface area contributed by atoms with Gasteiger partial charge in [0.2, 0.25) is 0 Å². The molecule has 1 amide bonds. The number of ether oxygens (including phenoxy) is 2. The van der Waals surface area contributed by atoms with Gasteiger partial charge in [0.05, 0.1) is 19.4 Å². The van der Waals surface area contributed by atoms with Crippen LogP contribution in [0.2, 0.25) is 0 Å². The molecular weight excluding hydrogens is 308 g/mol. The molecule has 23 heavy (non-hydrogen) atoms. The second kappa shape index (κ2) is 6.78. The van der Waals surface area contributed by atoms with E-state index in [1.165, 1.54) is 18.4 Å². The third-order valence-corrected chi connectivity index (χ3v) is 3.54. The summed E-state index contributed by atoms with van der Waals surface area (Å²) in [5, 5.41) is 0. The number of carbonyl (C=O) groups is 1. The fourth-order valence-electron chi connectivity index (χ4n) is 2.48. The number of hydrogen-bond donors (Lipinski definition) is 0. The molecule has 7 heteroatoms. The highest BCUT2D eigenvalue weighted by molar-refractivity contribution is 5.91. The molecule has 0 saturated carbocycles. The standard InChI is InChI=1S/C16H15F2NO4/c17-16(18)23-12-4-1-3-11(9-12)14-10-19(6-8-22-14)15(20)13-5-2-7-21-13/h1-5,7,9,14,16H,6,8,10H2/t14-/m1/s1. The first-order chi connectivity index (χ1) is 11.1. The Balaban J connectivity index is 1.72. The molecule has 0 bridgehead atoms. The number of alkyl halides is 2. The molecule has 1 aliphatic rings. The van der Waals surface area contributed by atoms with Crippen LogP contribution < -0.4 is 4.74 Å². The van der Waals surface area contributed by atoms with Gasteiger partial charge in [-0.15, -0.1) is 0 Å². The van der Waals surface area contributed by atoms with Crippen LogP contribution in [-0.4, -0.2) is 37.1 Å². The largest absolute Gasteiger partial charge is 0.459 e. The number of benzene rings is 1. The number of carbonyl (C=O) groups excluding carboxylic acids is 1. The molecule has 0 unspecified atom stereocenters. The summed E-state index contributed by atoms with van der Waals surface area (Å²) >= 11 is 0. The summed E-state index contributed by atoms with van der Waals surface area (Å²) in [6.07, 6.45) is 1.04. The number of furan rings is 1. The van der Waals surface area contributed by atoms with E-state index >= 15 is 0 Å². The number of amides is 1. The highest BCUT2D eigenvalue weighted by Gasteiger charge is 2.27. The average molecular weight is 323 g/mol. The summed E-state index contributed by atoms with van der Waals surface area (Å²) in [6, 6.07) is 9.57. The van der Waals surface area contributed by atoms with Crippen LogP contribution in [0, 0.1) is 0 Å². The molecule has 1 saturated heterocycles. The van der Waals surface area contributed by atoms with E-state index in [1.807, 2.05) is 0 Å². The summed E-state index contributed by atoms with van der Waals surface area (Å²) < 4.78 is 39.8. The minimum absolute atomic E-state index is 0.0654. The number of halogens is 2. The summed E-state index contributed by atoms with van der Waals surface area (Å²) in [5.41, 5.74) is 0.681. The molecule has 0 aliphatic carbocycles.